The normalized spacial score (nSPS) is 30.2. The predicted molar refractivity (Wildman–Crippen MR) is 67.9 cm³/mol. The fourth-order valence-corrected chi connectivity index (χ4v) is 3.43. The largest absolute Gasteiger partial charge is 0.392 e. The van der Waals surface area contributed by atoms with E-state index in [0.717, 1.165) is 12.8 Å². The molecule has 0 spiro atoms. The molecular formula is C14H22F3NO2. The molecule has 0 aromatic carbocycles. The van der Waals surface area contributed by atoms with Crippen molar-refractivity contribution in [1.29, 1.82) is 0 Å². The lowest BCUT2D eigenvalue weighted by Gasteiger charge is -2.33. The number of halogens is 3. The highest BCUT2D eigenvalue weighted by atomic mass is 19.4. The van der Waals surface area contributed by atoms with E-state index in [1.165, 1.54) is 0 Å². The Morgan fingerprint density at radius 3 is 2.35 bits per heavy atom. The molecule has 116 valence electrons. The lowest BCUT2D eigenvalue weighted by Crippen LogP contribution is -2.47. The number of hydrogen-bond acceptors (Lipinski definition) is 2. The first-order valence-corrected chi connectivity index (χ1v) is 7.39. The highest BCUT2D eigenvalue weighted by molar-refractivity contribution is 5.79. The van der Waals surface area contributed by atoms with Gasteiger partial charge in [0.1, 0.15) is 0 Å². The molecule has 2 atom stereocenters. The third-order valence-electron chi connectivity index (χ3n) is 4.65. The van der Waals surface area contributed by atoms with Gasteiger partial charge in [-0.3, -0.25) is 4.79 Å². The van der Waals surface area contributed by atoms with E-state index >= 15 is 0 Å². The van der Waals surface area contributed by atoms with Crippen LogP contribution in [0.4, 0.5) is 13.2 Å². The maximum atomic E-state index is 12.9. The van der Waals surface area contributed by atoms with Gasteiger partial charge < -0.3 is 10.4 Å². The number of aliphatic hydroxyl groups is 1. The molecule has 20 heavy (non-hydrogen) atoms. The summed E-state index contributed by atoms with van der Waals surface area (Å²) in [6.45, 7) is 0.0763. The zero-order valence-electron chi connectivity index (χ0n) is 11.5. The van der Waals surface area contributed by atoms with Crippen LogP contribution in [0.15, 0.2) is 0 Å². The smallest absolute Gasteiger partial charge is 0.388 e. The second-order valence-corrected chi connectivity index (χ2v) is 6.19. The van der Waals surface area contributed by atoms with Crippen molar-refractivity contribution in [3.63, 3.8) is 0 Å². The molecule has 2 aliphatic rings. The molecule has 0 radical (unpaired) electrons. The van der Waals surface area contributed by atoms with Gasteiger partial charge in [0.25, 0.3) is 0 Å². The molecule has 2 rings (SSSR count). The Hall–Kier alpha value is -0.780. The third kappa shape index (κ3) is 3.65. The van der Waals surface area contributed by atoms with Gasteiger partial charge in [-0.2, -0.15) is 13.2 Å². The highest BCUT2D eigenvalue weighted by Crippen LogP contribution is 2.41. The minimum Gasteiger partial charge on any atom is -0.388 e. The monoisotopic (exact) mass is 293 g/mol. The Bertz CT molecular complexity index is 351. The van der Waals surface area contributed by atoms with Crippen LogP contribution >= 0.6 is 0 Å². The Balaban J connectivity index is 1.92. The summed E-state index contributed by atoms with van der Waals surface area (Å²) >= 11 is 0. The maximum Gasteiger partial charge on any atom is 0.392 e. The van der Waals surface area contributed by atoms with Crippen LogP contribution in [0.1, 0.15) is 51.4 Å². The fourth-order valence-electron chi connectivity index (χ4n) is 3.43. The van der Waals surface area contributed by atoms with E-state index in [1.807, 2.05) is 0 Å². The summed E-state index contributed by atoms with van der Waals surface area (Å²) in [6, 6.07) is 0. The lowest BCUT2D eigenvalue weighted by molar-refractivity contribution is -0.198. The first-order valence-electron chi connectivity index (χ1n) is 7.39. The predicted octanol–water partition coefficient (Wildman–Crippen LogP) is 2.78. The zero-order chi connectivity index (χ0) is 14.8. The molecule has 2 fully saturated rings. The topological polar surface area (TPSA) is 49.3 Å². The van der Waals surface area contributed by atoms with Crippen molar-refractivity contribution in [2.75, 3.05) is 6.54 Å². The van der Waals surface area contributed by atoms with Gasteiger partial charge in [0.2, 0.25) is 5.91 Å². The summed E-state index contributed by atoms with van der Waals surface area (Å²) in [4.78, 5) is 12.0. The average Bonchev–Trinajstić information content (AvgIpc) is 2.82. The number of carbonyl (C=O) groups excluding carboxylic acids is 1. The van der Waals surface area contributed by atoms with Crippen LogP contribution < -0.4 is 5.32 Å². The van der Waals surface area contributed by atoms with Gasteiger partial charge in [-0.25, -0.2) is 0 Å². The molecule has 0 aromatic heterocycles. The molecule has 3 nitrogen and oxygen atoms in total. The Morgan fingerprint density at radius 1 is 1.15 bits per heavy atom. The number of hydrogen-bond donors (Lipinski definition) is 2. The quantitative estimate of drug-likeness (QED) is 0.840. The Labute approximate surface area is 116 Å². The van der Waals surface area contributed by atoms with Crippen molar-refractivity contribution in [2.24, 2.45) is 11.8 Å². The number of rotatable bonds is 3. The van der Waals surface area contributed by atoms with Gasteiger partial charge in [-0.05, 0) is 25.7 Å². The molecule has 0 saturated heterocycles. The first kappa shape index (κ1) is 15.6. The number of amides is 1. The van der Waals surface area contributed by atoms with Crippen LogP contribution in [0.3, 0.4) is 0 Å². The minimum atomic E-state index is -4.31. The molecule has 1 amide bonds. The lowest BCUT2D eigenvalue weighted by atomic mass is 9.78. The van der Waals surface area contributed by atoms with E-state index in [4.69, 9.17) is 0 Å². The molecule has 2 unspecified atom stereocenters. The van der Waals surface area contributed by atoms with Crippen LogP contribution in [-0.2, 0) is 4.79 Å². The van der Waals surface area contributed by atoms with Crippen LogP contribution in [0.5, 0.6) is 0 Å². The molecule has 2 saturated carbocycles. The Morgan fingerprint density at radius 2 is 1.75 bits per heavy atom. The molecule has 0 heterocycles. The summed E-state index contributed by atoms with van der Waals surface area (Å²) < 4.78 is 38.8. The van der Waals surface area contributed by atoms with E-state index < -0.39 is 29.5 Å². The van der Waals surface area contributed by atoms with E-state index in [0.29, 0.717) is 25.7 Å². The molecule has 0 aliphatic heterocycles. The number of carbonyl (C=O) groups is 1. The van der Waals surface area contributed by atoms with E-state index in [9.17, 15) is 23.1 Å². The van der Waals surface area contributed by atoms with Crippen molar-refractivity contribution in [3.05, 3.63) is 0 Å². The third-order valence-corrected chi connectivity index (χ3v) is 4.65. The number of alkyl halides is 3. The van der Waals surface area contributed by atoms with Crippen molar-refractivity contribution in [2.45, 2.75) is 63.1 Å². The summed E-state index contributed by atoms with van der Waals surface area (Å²) in [7, 11) is 0. The van der Waals surface area contributed by atoms with Gasteiger partial charge in [-0.1, -0.05) is 25.7 Å². The van der Waals surface area contributed by atoms with Crippen molar-refractivity contribution < 1.29 is 23.1 Å². The van der Waals surface area contributed by atoms with E-state index in [-0.39, 0.29) is 19.4 Å². The van der Waals surface area contributed by atoms with Crippen molar-refractivity contribution >= 4 is 5.91 Å². The van der Waals surface area contributed by atoms with Gasteiger partial charge in [0.05, 0.1) is 11.5 Å². The molecule has 2 aliphatic carbocycles. The molecule has 0 bridgehead atoms. The zero-order valence-corrected chi connectivity index (χ0v) is 11.5. The fraction of sp³-hybridized carbons (Fsp3) is 0.929. The SMILES string of the molecule is O=C(NCC1(O)CCCC1)C1CCCCC1C(F)(F)F. The molecule has 0 aromatic rings. The highest BCUT2D eigenvalue weighted by Gasteiger charge is 2.48. The second-order valence-electron chi connectivity index (χ2n) is 6.19. The van der Waals surface area contributed by atoms with Gasteiger partial charge >= 0.3 is 6.18 Å². The van der Waals surface area contributed by atoms with Crippen LogP contribution in [0, 0.1) is 11.8 Å². The molecule has 2 N–H and O–H groups in total. The van der Waals surface area contributed by atoms with Gasteiger partial charge in [0.15, 0.2) is 0 Å². The van der Waals surface area contributed by atoms with Crippen molar-refractivity contribution in [3.8, 4) is 0 Å². The molecule has 6 heteroatoms. The van der Waals surface area contributed by atoms with E-state index in [2.05, 4.69) is 5.32 Å². The molecular weight excluding hydrogens is 271 g/mol. The Kier molecular flexibility index (Phi) is 4.62. The van der Waals surface area contributed by atoms with Gasteiger partial charge in [-0.15, -0.1) is 0 Å². The minimum absolute atomic E-state index is 0.0336. The summed E-state index contributed by atoms with van der Waals surface area (Å²) in [5.41, 5.74) is -0.919. The van der Waals surface area contributed by atoms with E-state index in [1.54, 1.807) is 0 Å². The average molecular weight is 293 g/mol. The van der Waals surface area contributed by atoms with Gasteiger partial charge in [0, 0.05) is 12.5 Å². The summed E-state index contributed by atoms with van der Waals surface area (Å²) in [6.07, 6.45) is 0.225. The van der Waals surface area contributed by atoms with Crippen molar-refractivity contribution in [1.82, 2.24) is 5.32 Å². The second kappa shape index (κ2) is 5.92. The van der Waals surface area contributed by atoms with Crippen LogP contribution in [0.2, 0.25) is 0 Å². The summed E-state index contributed by atoms with van der Waals surface area (Å²) in [5.74, 6) is -3.07. The summed E-state index contributed by atoms with van der Waals surface area (Å²) in [5, 5.41) is 12.7. The number of nitrogens with one attached hydrogen (secondary N) is 1. The van der Waals surface area contributed by atoms with Crippen LogP contribution in [-0.4, -0.2) is 29.3 Å². The maximum absolute atomic E-state index is 12.9. The standard InChI is InChI=1S/C14H22F3NO2/c15-14(16,17)11-6-2-1-5-10(11)12(19)18-9-13(20)7-3-4-8-13/h10-11,20H,1-9H2,(H,18,19). The first-order chi connectivity index (χ1) is 9.32. The van der Waals surface area contributed by atoms with Crippen LogP contribution in [0.25, 0.3) is 0 Å².